The maximum absolute atomic E-state index is 11.8. The molecule has 0 aromatic heterocycles. The van der Waals surface area contributed by atoms with Crippen LogP contribution in [0, 0.1) is 0 Å². The molecule has 2 aromatic carbocycles. The van der Waals surface area contributed by atoms with Gasteiger partial charge in [0.25, 0.3) is 0 Å². The normalized spacial score (nSPS) is 12.5. The van der Waals surface area contributed by atoms with E-state index in [2.05, 4.69) is 11.3 Å². The number of hydrogen-bond donors (Lipinski definition) is 1. The first-order valence-corrected chi connectivity index (χ1v) is 6.21. The summed E-state index contributed by atoms with van der Waals surface area (Å²) in [6, 6.07) is 13.8. The number of nitrogens with one attached hydrogen (secondary N) is 1. The molecule has 0 bridgehead atoms. The Morgan fingerprint density at radius 3 is 2.69 bits per heavy atom. The Morgan fingerprint density at radius 2 is 1.94 bits per heavy atom. The Kier molecular flexibility index (Phi) is 3.49. The molecular formula is C13H13NOS. The molecule has 0 fully saturated rings. The molecule has 1 atom stereocenters. The molecule has 0 saturated heterocycles. The number of fused-ring (bicyclic) bond motifs is 1. The lowest BCUT2D eigenvalue weighted by atomic mass is 10.1. The maximum Gasteiger partial charge on any atom is 0.125 e. The van der Waals surface area contributed by atoms with Crippen molar-refractivity contribution >= 4 is 21.8 Å². The van der Waals surface area contributed by atoms with Gasteiger partial charge in [-0.3, -0.25) is 0 Å². The van der Waals surface area contributed by atoms with Gasteiger partial charge < -0.3 is 0 Å². The van der Waals surface area contributed by atoms with Crippen LogP contribution in [0.1, 0.15) is 0 Å². The van der Waals surface area contributed by atoms with Crippen molar-refractivity contribution in [2.45, 2.75) is 4.90 Å². The van der Waals surface area contributed by atoms with E-state index in [0.717, 1.165) is 15.7 Å². The fourth-order valence-electron chi connectivity index (χ4n) is 1.50. The lowest BCUT2D eigenvalue weighted by Crippen LogP contribution is -2.16. The van der Waals surface area contributed by atoms with Crippen LogP contribution >= 0.6 is 0 Å². The summed E-state index contributed by atoms with van der Waals surface area (Å²) in [6.45, 7) is 4.12. The van der Waals surface area contributed by atoms with Crippen molar-refractivity contribution in [2.24, 2.45) is 0 Å². The minimum Gasteiger partial charge on any atom is -0.237 e. The van der Waals surface area contributed by atoms with Gasteiger partial charge in [-0.05, 0) is 22.9 Å². The fraction of sp³-hybridized carbons (Fsp3) is 0.0769. The lowest BCUT2D eigenvalue weighted by Gasteiger charge is -2.03. The van der Waals surface area contributed by atoms with Gasteiger partial charge in [-0.15, -0.1) is 6.58 Å². The van der Waals surface area contributed by atoms with Gasteiger partial charge in [-0.1, -0.05) is 36.4 Å². The molecule has 0 aliphatic carbocycles. The summed E-state index contributed by atoms with van der Waals surface area (Å²) < 4.78 is 14.7. The first kappa shape index (κ1) is 11.0. The Bertz CT molecular complexity index is 536. The van der Waals surface area contributed by atoms with Crippen LogP contribution in [0.2, 0.25) is 0 Å². The molecule has 0 heterocycles. The van der Waals surface area contributed by atoms with Gasteiger partial charge in [0.1, 0.15) is 11.0 Å². The minimum absolute atomic E-state index is 0.541. The molecular weight excluding hydrogens is 218 g/mol. The predicted molar refractivity (Wildman–Crippen MR) is 68.6 cm³/mol. The summed E-state index contributed by atoms with van der Waals surface area (Å²) in [6.07, 6.45) is 1.69. The molecule has 0 aliphatic rings. The summed E-state index contributed by atoms with van der Waals surface area (Å²) >= 11 is 0. The highest BCUT2D eigenvalue weighted by Crippen LogP contribution is 2.17. The zero-order valence-electron chi connectivity index (χ0n) is 8.85. The Labute approximate surface area is 97.6 Å². The maximum atomic E-state index is 11.8. The minimum atomic E-state index is -1.16. The van der Waals surface area contributed by atoms with E-state index >= 15 is 0 Å². The van der Waals surface area contributed by atoms with Crippen molar-refractivity contribution < 1.29 is 4.21 Å². The predicted octanol–water partition coefficient (Wildman–Crippen LogP) is 2.64. The van der Waals surface area contributed by atoms with Gasteiger partial charge in [-0.2, -0.15) is 0 Å². The second-order valence-electron chi connectivity index (χ2n) is 3.41. The van der Waals surface area contributed by atoms with Crippen molar-refractivity contribution in [3.8, 4) is 0 Å². The first-order valence-electron chi connectivity index (χ1n) is 5.06. The molecule has 0 aliphatic heterocycles. The highest BCUT2D eigenvalue weighted by Gasteiger charge is 2.02. The molecule has 2 nitrogen and oxygen atoms in total. The van der Waals surface area contributed by atoms with Crippen molar-refractivity contribution in [2.75, 3.05) is 6.54 Å². The van der Waals surface area contributed by atoms with E-state index in [1.54, 1.807) is 6.08 Å². The standard InChI is InChI=1S/C13H13NOS/c1-2-9-14-16(15)13-8-7-11-5-3-4-6-12(11)10-13/h2-8,10,14H,1,9H2. The highest BCUT2D eigenvalue weighted by atomic mass is 32.2. The van der Waals surface area contributed by atoms with Gasteiger partial charge >= 0.3 is 0 Å². The molecule has 0 spiro atoms. The summed E-state index contributed by atoms with van der Waals surface area (Å²) in [5.41, 5.74) is 0. The van der Waals surface area contributed by atoms with Gasteiger partial charge in [0.2, 0.25) is 0 Å². The van der Waals surface area contributed by atoms with Crippen LogP contribution in [-0.4, -0.2) is 10.8 Å². The average Bonchev–Trinajstić information content (AvgIpc) is 2.35. The third-order valence-corrected chi connectivity index (χ3v) is 3.40. The van der Waals surface area contributed by atoms with E-state index in [1.165, 1.54) is 0 Å². The molecule has 82 valence electrons. The van der Waals surface area contributed by atoms with Crippen LogP contribution in [-0.2, 0) is 11.0 Å². The highest BCUT2D eigenvalue weighted by molar-refractivity contribution is 7.83. The zero-order valence-corrected chi connectivity index (χ0v) is 9.67. The van der Waals surface area contributed by atoms with Crippen molar-refractivity contribution in [3.63, 3.8) is 0 Å². The van der Waals surface area contributed by atoms with Crippen LogP contribution in [0.3, 0.4) is 0 Å². The molecule has 1 unspecified atom stereocenters. The molecule has 0 amide bonds. The van der Waals surface area contributed by atoms with Crippen molar-refractivity contribution in [1.82, 2.24) is 4.72 Å². The summed E-state index contributed by atoms with van der Waals surface area (Å²) in [7, 11) is -1.16. The monoisotopic (exact) mass is 231 g/mol. The Hall–Kier alpha value is -1.45. The van der Waals surface area contributed by atoms with E-state index in [4.69, 9.17) is 0 Å². The van der Waals surface area contributed by atoms with Crippen molar-refractivity contribution in [3.05, 3.63) is 55.1 Å². The largest absolute Gasteiger partial charge is 0.237 e. The molecule has 0 saturated carbocycles. The first-order chi connectivity index (χ1) is 7.81. The van der Waals surface area contributed by atoms with Crippen LogP contribution in [0.25, 0.3) is 10.8 Å². The van der Waals surface area contributed by atoms with E-state index < -0.39 is 11.0 Å². The quantitative estimate of drug-likeness (QED) is 0.805. The Morgan fingerprint density at radius 1 is 1.19 bits per heavy atom. The SMILES string of the molecule is C=CCNS(=O)c1ccc2ccccc2c1. The van der Waals surface area contributed by atoms with Gasteiger partial charge in [0.15, 0.2) is 0 Å². The third kappa shape index (κ3) is 2.38. The summed E-state index contributed by atoms with van der Waals surface area (Å²) in [4.78, 5) is 0.792. The van der Waals surface area contributed by atoms with Gasteiger partial charge in [-0.25, -0.2) is 8.93 Å². The number of benzene rings is 2. The van der Waals surface area contributed by atoms with E-state index in [9.17, 15) is 4.21 Å². The van der Waals surface area contributed by atoms with E-state index in [0.29, 0.717) is 6.54 Å². The smallest absolute Gasteiger partial charge is 0.125 e. The third-order valence-electron chi connectivity index (χ3n) is 2.29. The van der Waals surface area contributed by atoms with Crippen LogP contribution in [0.5, 0.6) is 0 Å². The molecule has 16 heavy (non-hydrogen) atoms. The van der Waals surface area contributed by atoms with Crippen LogP contribution in [0.4, 0.5) is 0 Å². The second kappa shape index (κ2) is 5.05. The second-order valence-corrected chi connectivity index (χ2v) is 4.71. The average molecular weight is 231 g/mol. The topological polar surface area (TPSA) is 29.1 Å². The molecule has 1 N–H and O–H groups in total. The fourth-order valence-corrected chi connectivity index (χ4v) is 2.36. The summed E-state index contributed by atoms with van der Waals surface area (Å²) in [5.74, 6) is 0. The van der Waals surface area contributed by atoms with E-state index in [-0.39, 0.29) is 0 Å². The van der Waals surface area contributed by atoms with E-state index in [1.807, 2.05) is 42.5 Å². The van der Waals surface area contributed by atoms with Crippen LogP contribution in [0.15, 0.2) is 60.0 Å². The zero-order chi connectivity index (χ0) is 11.4. The molecule has 2 rings (SSSR count). The van der Waals surface area contributed by atoms with Gasteiger partial charge in [0.05, 0.1) is 4.90 Å². The lowest BCUT2D eigenvalue weighted by molar-refractivity contribution is 0.676. The van der Waals surface area contributed by atoms with Gasteiger partial charge in [0, 0.05) is 6.54 Å². The molecule has 3 heteroatoms. The Balaban J connectivity index is 2.32. The number of hydrogen-bond acceptors (Lipinski definition) is 1. The van der Waals surface area contributed by atoms with Crippen molar-refractivity contribution in [1.29, 1.82) is 0 Å². The van der Waals surface area contributed by atoms with Crippen LogP contribution < -0.4 is 4.72 Å². The number of rotatable bonds is 4. The molecule has 2 aromatic rings. The summed E-state index contributed by atoms with van der Waals surface area (Å²) in [5, 5.41) is 2.26. The molecule has 0 radical (unpaired) electrons.